The molecule has 7 nitrogen and oxygen atoms in total. The minimum Gasteiger partial charge on any atom is -0.494 e. The van der Waals surface area contributed by atoms with Gasteiger partial charge in [-0.05, 0) is 48.9 Å². The van der Waals surface area contributed by atoms with Gasteiger partial charge in [-0.15, -0.1) is 0 Å². The van der Waals surface area contributed by atoms with Crippen molar-refractivity contribution < 1.29 is 9.53 Å². The second-order valence-electron chi connectivity index (χ2n) is 6.62. The lowest BCUT2D eigenvalue weighted by atomic mass is 10.2. The SMILES string of the molecule is CCOc1ccc(/C=C/C(=O)Nc2c(C#N)cnn2-c2ccc3ccccc3n2)cc1. The number of anilines is 1. The van der Waals surface area contributed by atoms with Gasteiger partial charge in [0.25, 0.3) is 0 Å². The molecule has 0 aliphatic carbocycles. The Morgan fingerprint density at radius 2 is 1.97 bits per heavy atom. The lowest BCUT2D eigenvalue weighted by Gasteiger charge is -2.08. The molecule has 1 N–H and O–H groups in total. The van der Waals surface area contributed by atoms with Crippen molar-refractivity contribution in [2.24, 2.45) is 0 Å². The van der Waals surface area contributed by atoms with E-state index in [1.807, 2.05) is 61.5 Å². The summed E-state index contributed by atoms with van der Waals surface area (Å²) in [5, 5.41) is 17.4. The molecule has 0 radical (unpaired) electrons. The Hall–Kier alpha value is -4.44. The number of hydrogen-bond donors (Lipinski definition) is 1. The number of rotatable bonds is 6. The minimum atomic E-state index is -0.382. The number of para-hydroxylation sites is 1. The maximum Gasteiger partial charge on any atom is 0.249 e. The van der Waals surface area contributed by atoms with Crippen LogP contribution in [0.5, 0.6) is 5.75 Å². The zero-order chi connectivity index (χ0) is 21.6. The quantitative estimate of drug-likeness (QED) is 0.478. The van der Waals surface area contributed by atoms with Crippen molar-refractivity contribution in [3.8, 4) is 17.6 Å². The molecule has 31 heavy (non-hydrogen) atoms. The van der Waals surface area contributed by atoms with Gasteiger partial charge in [-0.3, -0.25) is 4.79 Å². The lowest BCUT2D eigenvalue weighted by molar-refractivity contribution is -0.111. The van der Waals surface area contributed by atoms with E-state index in [1.54, 1.807) is 12.1 Å². The third-order valence-electron chi connectivity index (χ3n) is 4.55. The highest BCUT2D eigenvalue weighted by molar-refractivity contribution is 6.02. The Morgan fingerprint density at radius 3 is 2.74 bits per heavy atom. The standard InChI is InChI=1S/C24H19N5O2/c1-2-31-20-11-7-17(8-12-20)9-14-23(30)28-24-19(15-25)16-26-29(24)22-13-10-18-5-3-4-6-21(18)27-22/h3-14,16H,2H2,1H3,(H,28,30)/b14-9+. The molecule has 0 spiro atoms. The summed E-state index contributed by atoms with van der Waals surface area (Å²) in [5.41, 5.74) is 1.89. The van der Waals surface area contributed by atoms with Crippen molar-refractivity contribution in [1.29, 1.82) is 5.26 Å². The Bertz CT molecular complexity index is 1300. The highest BCUT2D eigenvalue weighted by atomic mass is 16.5. The number of hydrogen-bond acceptors (Lipinski definition) is 5. The molecule has 2 aromatic heterocycles. The van der Waals surface area contributed by atoms with E-state index in [2.05, 4.69) is 21.5 Å². The van der Waals surface area contributed by atoms with Crippen LogP contribution in [-0.4, -0.2) is 27.3 Å². The van der Waals surface area contributed by atoms with E-state index in [-0.39, 0.29) is 17.3 Å². The predicted octanol–water partition coefficient (Wildman–Crippen LogP) is 4.34. The minimum absolute atomic E-state index is 0.248. The molecule has 7 heteroatoms. The Morgan fingerprint density at radius 1 is 1.16 bits per heavy atom. The average molecular weight is 409 g/mol. The first-order chi connectivity index (χ1) is 15.2. The normalized spacial score (nSPS) is 10.8. The van der Waals surface area contributed by atoms with Gasteiger partial charge in [0.15, 0.2) is 11.6 Å². The highest BCUT2D eigenvalue weighted by Crippen LogP contribution is 2.21. The lowest BCUT2D eigenvalue weighted by Crippen LogP contribution is -2.14. The summed E-state index contributed by atoms with van der Waals surface area (Å²) in [6.07, 6.45) is 4.50. The molecule has 2 aromatic carbocycles. The fraction of sp³-hybridized carbons (Fsp3) is 0.0833. The number of pyridine rings is 1. The van der Waals surface area contributed by atoms with Crippen LogP contribution in [0.1, 0.15) is 18.1 Å². The van der Waals surface area contributed by atoms with Gasteiger partial charge in [-0.1, -0.05) is 30.3 Å². The zero-order valence-corrected chi connectivity index (χ0v) is 16.8. The molecule has 0 saturated heterocycles. The highest BCUT2D eigenvalue weighted by Gasteiger charge is 2.15. The summed E-state index contributed by atoms with van der Waals surface area (Å²) in [6.45, 7) is 2.52. The number of carbonyl (C=O) groups is 1. The summed E-state index contributed by atoms with van der Waals surface area (Å²) in [5.74, 6) is 1.17. The zero-order valence-electron chi connectivity index (χ0n) is 16.8. The molecule has 0 aliphatic heterocycles. The Kier molecular flexibility index (Phi) is 5.72. The van der Waals surface area contributed by atoms with Crippen molar-refractivity contribution in [1.82, 2.24) is 14.8 Å². The predicted molar refractivity (Wildman–Crippen MR) is 119 cm³/mol. The smallest absolute Gasteiger partial charge is 0.249 e. The second kappa shape index (κ2) is 8.93. The molecule has 2 heterocycles. The maximum absolute atomic E-state index is 12.5. The first-order valence-corrected chi connectivity index (χ1v) is 9.74. The van der Waals surface area contributed by atoms with E-state index in [4.69, 9.17) is 4.74 Å². The van der Waals surface area contributed by atoms with Crippen LogP contribution < -0.4 is 10.1 Å². The van der Waals surface area contributed by atoms with Crippen LogP contribution in [0.4, 0.5) is 5.82 Å². The number of nitrogens with one attached hydrogen (secondary N) is 1. The molecule has 0 saturated carbocycles. The molecule has 1 amide bonds. The topological polar surface area (TPSA) is 92.8 Å². The molecule has 0 fully saturated rings. The fourth-order valence-electron chi connectivity index (χ4n) is 3.07. The van der Waals surface area contributed by atoms with Crippen LogP contribution in [-0.2, 0) is 4.79 Å². The van der Waals surface area contributed by atoms with E-state index in [0.29, 0.717) is 12.4 Å². The van der Waals surface area contributed by atoms with Crippen LogP contribution >= 0.6 is 0 Å². The number of aromatic nitrogens is 3. The van der Waals surface area contributed by atoms with Crippen LogP contribution in [0.3, 0.4) is 0 Å². The van der Waals surface area contributed by atoms with Crippen molar-refractivity contribution in [3.63, 3.8) is 0 Å². The summed E-state index contributed by atoms with van der Waals surface area (Å²) >= 11 is 0. The van der Waals surface area contributed by atoms with Gasteiger partial charge in [0, 0.05) is 11.5 Å². The number of ether oxygens (including phenoxy) is 1. The number of carbonyl (C=O) groups excluding carboxylic acids is 1. The number of fused-ring (bicyclic) bond motifs is 1. The first-order valence-electron chi connectivity index (χ1n) is 9.74. The first kappa shape index (κ1) is 19.9. The summed E-state index contributed by atoms with van der Waals surface area (Å²) in [7, 11) is 0. The molecular formula is C24H19N5O2. The number of amides is 1. The van der Waals surface area contributed by atoms with Crippen molar-refractivity contribution in [2.75, 3.05) is 11.9 Å². The monoisotopic (exact) mass is 409 g/mol. The summed E-state index contributed by atoms with van der Waals surface area (Å²) in [4.78, 5) is 17.1. The fourth-order valence-corrected chi connectivity index (χ4v) is 3.07. The van der Waals surface area contributed by atoms with E-state index >= 15 is 0 Å². The molecule has 0 aliphatic rings. The Balaban J connectivity index is 1.57. The van der Waals surface area contributed by atoms with Gasteiger partial charge < -0.3 is 10.1 Å². The number of nitrogens with zero attached hydrogens (tertiary/aromatic N) is 4. The van der Waals surface area contributed by atoms with Crippen molar-refractivity contribution in [2.45, 2.75) is 6.92 Å². The van der Waals surface area contributed by atoms with Gasteiger partial charge in [0.2, 0.25) is 5.91 Å². The number of nitriles is 1. The second-order valence-corrected chi connectivity index (χ2v) is 6.62. The maximum atomic E-state index is 12.5. The third kappa shape index (κ3) is 4.43. The third-order valence-corrected chi connectivity index (χ3v) is 4.55. The summed E-state index contributed by atoms with van der Waals surface area (Å²) < 4.78 is 6.87. The van der Waals surface area contributed by atoms with Crippen molar-refractivity contribution >= 4 is 28.7 Å². The van der Waals surface area contributed by atoms with E-state index in [9.17, 15) is 10.1 Å². The number of benzene rings is 2. The molecule has 152 valence electrons. The largest absolute Gasteiger partial charge is 0.494 e. The summed E-state index contributed by atoms with van der Waals surface area (Å²) in [6, 6.07) is 20.9. The van der Waals surface area contributed by atoms with Gasteiger partial charge >= 0.3 is 0 Å². The van der Waals surface area contributed by atoms with Crippen molar-refractivity contribution in [3.05, 3.63) is 84.1 Å². The van der Waals surface area contributed by atoms with Crippen LogP contribution in [0.15, 0.2) is 72.9 Å². The van der Waals surface area contributed by atoms with Gasteiger partial charge in [0.1, 0.15) is 17.4 Å². The molecule has 0 bridgehead atoms. The van der Waals surface area contributed by atoms with Crippen LogP contribution in [0.2, 0.25) is 0 Å². The van der Waals surface area contributed by atoms with Crippen LogP contribution in [0.25, 0.3) is 22.8 Å². The molecule has 4 aromatic rings. The van der Waals surface area contributed by atoms with Gasteiger partial charge in [0.05, 0.1) is 18.3 Å². The van der Waals surface area contributed by atoms with Crippen LogP contribution in [0, 0.1) is 11.3 Å². The molecule has 0 atom stereocenters. The molecule has 4 rings (SSSR count). The Labute approximate surface area is 179 Å². The van der Waals surface area contributed by atoms with E-state index in [0.717, 1.165) is 22.2 Å². The average Bonchev–Trinajstić information content (AvgIpc) is 3.21. The molecular weight excluding hydrogens is 390 g/mol. The van der Waals surface area contributed by atoms with E-state index in [1.165, 1.54) is 17.0 Å². The molecule has 0 unspecified atom stereocenters. The van der Waals surface area contributed by atoms with Gasteiger partial charge in [-0.25, -0.2) is 4.98 Å². The van der Waals surface area contributed by atoms with E-state index < -0.39 is 0 Å². The van der Waals surface area contributed by atoms with Gasteiger partial charge in [-0.2, -0.15) is 15.0 Å².